The maximum Gasteiger partial charge on any atom is 0.490 e. The van der Waals surface area contributed by atoms with Crippen molar-refractivity contribution in [3.8, 4) is 0 Å². The topological polar surface area (TPSA) is 111 Å². The molecule has 0 aliphatic carbocycles. The van der Waals surface area contributed by atoms with Gasteiger partial charge in [0, 0.05) is 43.8 Å². The van der Waals surface area contributed by atoms with E-state index in [1.165, 1.54) is 16.4 Å². The van der Waals surface area contributed by atoms with Gasteiger partial charge in [0.15, 0.2) is 5.60 Å². The van der Waals surface area contributed by atoms with E-state index < -0.39 is 33.9 Å². The number of rotatable bonds is 6. The Bertz CT molecular complexity index is 1400. The van der Waals surface area contributed by atoms with Crippen molar-refractivity contribution in [1.82, 2.24) is 9.29 Å². The summed E-state index contributed by atoms with van der Waals surface area (Å²) in [6, 6.07) is 12.3. The molecule has 1 saturated heterocycles. The predicted molar refractivity (Wildman–Crippen MR) is 138 cm³/mol. The minimum Gasteiger partial charge on any atom is -0.475 e. The first-order valence-corrected chi connectivity index (χ1v) is 14.2. The lowest BCUT2D eigenvalue weighted by molar-refractivity contribution is -0.258. The van der Waals surface area contributed by atoms with Gasteiger partial charge in [0.25, 0.3) is 10.0 Å². The monoisotopic (exact) mass is 625 g/mol. The van der Waals surface area contributed by atoms with Crippen molar-refractivity contribution in [1.29, 1.82) is 0 Å². The molecule has 1 aliphatic heterocycles. The van der Waals surface area contributed by atoms with Crippen LogP contribution in [0.5, 0.6) is 0 Å². The normalized spacial score (nSPS) is 18.2. The Morgan fingerprint density at radius 2 is 1.61 bits per heavy atom. The Morgan fingerprint density at radius 3 is 2.10 bits per heavy atom. The van der Waals surface area contributed by atoms with Crippen LogP contribution >= 0.6 is 11.3 Å². The third kappa shape index (κ3) is 7.75. The molecule has 0 spiro atoms. The van der Waals surface area contributed by atoms with Gasteiger partial charge in [-0.25, -0.2) is 13.2 Å². The zero-order valence-corrected chi connectivity index (χ0v) is 22.9. The lowest BCUT2D eigenvalue weighted by Crippen LogP contribution is -2.55. The molecule has 1 aromatic carbocycles. The van der Waals surface area contributed by atoms with E-state index in [0.717, 1.165) is 23.8 Å². The molecule has 41 heavy (non-hydrogen) atoms. The summed E-state index contributed by atoms with van der Waals surface area (Å²) in [5.41, 5.74) is -1.59. The zero-order chi connectivity index (χ0) is 30.6. The number of aliphatic hydroxyl groups is 1. The van der Waals surface area contributed by atoms with Crippen molar-refractivity contribution in [2.45, 2.75) is 41.5 Å². The lowest BCUT2D eigenvalue weighted by Gasteiger charge is -2.42. The molecule has 3 aromatic rings. The number of aromatic nitrogens is 1. The standard InChI is InChI=1S/C23H24F3N3O3S2.C2HF3O2/c1-22(30,23(24,25)26)18-4-6-19(7-5-18)29-13-12-28(34(31,32)21-3-2-14-33-21)16-20(29)15-17-8-10-27-11-9-17;3-2(4,5)1(6)7/h2-11,14,20,30H,12-13,15-16H2,1H3;(H,6,7). The van der Waals surface area contributed by atoms with Crippen LogP contribution in [0.15, 0.2) is 70.5 Å². The van der Waals surface area contributed by atoms with Gasteiger partial charge in [-0.3, -0.25) is 4.98 Å². The highest BCUT2D eigenvalue weighted by Gasteiger charge is 2.51. The molecule has 1 aliphatic rings. The molecule has 8 nitrogen and oxygen atoms in total. The number of halogens is 6. The molecule has 2 N–H and O–H groups in total. The number of hydrogen-bond acceptors (Lipinski definition) is 7. The highest BCUT2D eigenvalue weighted by molar-refractivity contribution is 7.91. The van der Waals surface area contributed by atoms with E-state index in [1.54, 1.807) is 42.0 Å². The van der Waals surface area contributed by atoms with Crippen LogP contribution in [-0.4, -0.2) is 71.9 Å². The van der Waals surface area contributed by atoms with Gasteiger partial charge < -0.3 is 15.1 Å². The first-order chi connectivity index (χ1) is 18.9. The highest BCUT2D eigenvalue weighted by atomic mass is 32.2. The second kappa shape index (κ2) is 12.3. The summed E-state index contributed by atoms with van der Waals surface area (Å²) in [6.45, 7) is 1.57. The number of carboxylic acids is 1. The van der Waals surface area contributed by atoms with Gasteiger partial charge in [0.1, 0.15) is 4.21 Å². The Hall–Kier alpha value is -3.21. The van der Waals surface area contributed by atoms with Gasteiger partial charge in [-0.05, 0) is 60.2 Å². The number of piperazine rings is 1. The number of hydrogen-bond donors (Lipinski definition) is 2. The number of pyridine rings is 1. The number of aliphatic carboxylic acids is 1. The van der Waals surface area contributed by atoms with Gasteiger partial charge in [0.05, 0.1) is 0 Å². The van der Waals surface area contributed by atoms with Crippen molar-refractivity contribution < 1.29 is 49.8 Å². The van der Waals surface area contributed by atoms with Gasteiger partial charge in [-0.2, -0.15) is 30.6 Å². The summed E-state index contributed by atoms with van der Waals surface area (Å²) in [4.78, 5) is 14.9. The number of anilines is 1. The van der Waals surface area contributed by atoms with Crippen LogP contribution in [-0.2, 0) is 26.8 Å². The summed E-state index contributed by atoms with van der Waals surface area (Å²) in [5.74, 6) is -2.76. The van der Waals surface area contributed by atoms with Crippen molar-refractivity contribution in [3.05, 3.63) is 77.4 Å². The molecular weight excluding hydrogens is 600 g/mol. The molecule has 224 valence electrons. The minimum atomic E-state index is -5.08. The summed E-state index contributed by atoms with van der Waals surface area (Å²) < 4.78 is 99.4. The number of sulfonamides is 1. The van der Waals surface area contributed by atoms with E-state index in [0.29, 0.717) is 18.7 Å². The van der Waals surface area contributed by atoms with Crippen LogP contribution in [0.4, 0.5) is 32.0 Å². The third-order valence-corrected chi connectivity index (χ3v) is 9.55. The SMILES string of the molecule is CC(O)(c1ccc(N2CCN(S(=O)(=O)c3cccs3)CC2Cc2ccncc2)cc1)C(F)(F)F.O=C(O)C(F)(F)F. The first-order valence-electron chi connectivity index (χ1n) is 11.8. The number of benzene rings is 1. The molecule has 1 fully saturated rings. The number of carboxylic acid groups (broad SMARTS) is 1. The molecule has 0 amide bonds. The predicted octanol–water partition coefficient (Wildman–Crippen LogP) is 4.67. The van der Waals surface area contributed by atoms with Crippen molar-refractivity contribution in [2.75, 3.05) is 24.5 Å². The summed E-state index contributed by atoms with van der Waals surface area (Å²) in [5, 5.41) is 18.8. The number of alkyl halides is 6. The highest BCUT2D eigenvalue weighted by Crippen LogP contribution is 2.39. The van der Waals surface area contributed by atoms with Crippen molar-refractivity contribution in [3.63, 3.8) is 0 Å². The molecule has 0 saturated carbocycles. The Morgan fingerprint density at radius 1 is 1.02 bits per heavy atom. The average molecular weight is 626 g/mol. The van der Waals surface area contributed by atoms with Crippen LogP contribution in [0.3, 0.4) is 0 Å². The molecule has 2 atom stereocenters. The smallest absolute Gasteiger partial charge is 0.475 e. The quantitative estimate of drug-likeness (QED) is 0.383. The maximum absolute atomic E-state index is 13.2. The number of carbonyl (C=O) groups is 1. The van der Waals surface area contributed by atoms with Crippen LogP contribution in [0.2, 0.25) is 0 Å². The molecule has 3 heterocycles. The second-order valence-corrected chi connectivity index (χ2v) is 12.2. The van der Waals surface area contributed by atoms with Crippen LogP contribution in [0.1, 0.15) is 18.1 Å². The molecule has 0 radical (unpaired) electrons. The molecule has 2 unspecified atom stereocenters. The Balaban J connectivity index is 0.000000587. The van der Waals surface area contributed by atoms with Crippen LogP contribution < -0.4 is 4.90 Å². The van der Waals surface area contributed by atoms with Crippen molar-refractivity contribution >= 4 is 33.0 Å². The van der Waals surface area contributed by atoms with E-state index >= 15 is 0 Å². The number of thiophene rings is 1. The molecule has 2 aromatic heterocycles. The Labute approximate surface area is 235 Å². The summed E-state index contributed by atoms with van der Waals surface area (Å²) in [6.07, 6.45) is -6.03. The summed E-state index contributed by atoms with van der Waals surface area (Å²) in [7, 11) is -3.64. The second-order valence-electron chi connectivity index (χ2n) is 9.12. The van der Waals surface area contributed by atoms with E-state index in [1.807, 2.05) is 17.0 Å². The minimum absolute atomic E-state index is 0.227. The number of nitrogens with zero attached hydrogens (tertiary/aromatic N) is 3. The van der Waals surface area contributed by atoms with Gasteiger partial charge in [-0.1, -0.05) is 18.2 Å². The molecule has 16 heteroatoms. The van der Waals surface area contributed by atoms with Gasteiger partial charge >= 0.3 is 18.3 Å². The van der Waals surface area contributed by atoms with Gasteiger partial charge in [0.2, 0.25) is 0 Å². The zero-order valence-electron chi connectivity index (χ0n) is 21.3. The molecule has 0 bridgehead atoms. The first kappa shape index (κ1) is 32.3. The average Bonchev–Trinajstić information content (AvgIpc) is 3.45. The van der Waals surface area contributed by atoms with Gasteiger partial charge in [-0.15, -0.1) is 11.3 Å². The lowest BCUT2D eigenvalue weighted by atomic mass is 9.94. The van der Waals surface area contributed by atoms with E-state index in [9.17, 15) is 39.9 Å². The third-order valence-electron chi connectivity index (χ3n) is 6.31. The van der Waals surface area contributed by atoms with Crippen LogP contribution in [0, 0.1) is 0 Å². The van der Waals surface area contributed by atoms with E-state index in [2.05, 4.69) is 4.98 Å². The fraction of sp³-hybridized carbons (Fsp3) is 0.360. The van der Waals surface area contributed by atoms with Crippen molar-refractivity contribution in [2.24, 2.45) is 0 Å². The largest absolute Gasteiger partial charge is 0.490 e. The van der Waals surface area contributed by atoms with E-state index in [4.69, 9.17) is 9.90 Å². The van der Waals surface area contributed by atoms with E-state index in [-0.39, 0.29) is 28.9 Å². The molecular formula is C25H25F6N3O5S2. The Kier molecular flexibility index (Phi) is 9.73. The fourth-order valence-electron chi connectivity index (χ4n) is 4.03. The molecule has 4 rings (SSSR count). The maximum atomic E-state index is 13.2. The summed E-state index contributed by atoms with van der Waals surface area (Å²) >= 11 is 1.16. The fourth-order valence-corrected chi connectivity index (χ4v) is 6.64. The van der Waals surface area contributed by atoms with Crippen LogP contribution in [0.25, 0.3) is 0 Å².